The fourth-order valence-corrected chi connectivity index (χ4v) is 2.38. The number of carbonyl (C=O) groups excluding carboxylic acids is 1. The third-order valence-corrected chi connectivity index (χ3v) is 3.79. The van der Waals surface area contributed by atoms with Crippen molar-refractivity contribution >= 4 is 17.3 Å². The average molecular weight is 344 g/mol. The largest absolute Gasteiger partial charge is 0.491 e. The van der Waals surface area contributed by atoms with Crippen LogP contribution in [0.1, 0.15) is 15.9 Å². The van der Waals surface area contributed by atoms with E-state index in [0.29, 0.717) is 18.8 Å². The van der Waals surface area contributed by atoms with Gasteiger partial charge in [-0.25, -0.2) is 4.79 Å². The predicted octanol–water partition coefficient (Wildman–Crippen LogP) is 3.21. The molecule has 0 aliphatic heterocycles. The number of non-ortho nitro benzene ring substituents is 1. The monoisotopic (exact) mass is 344 g/mol. The van der Waals surface area contributed by atoms with E-state index in [2.05, 4.69) is 0 Å². The second-order valence-electron chi connectivity index (χ2n) is 5.49. The van der Waals surface area contributed by atoms with Crippen LogP contribution in [-0.2, 0) is 4.74 Å². The number of para-hydroxylation sites is 1. The zero-order chi connectivity index (χ0) is 18.4. The minimum absolute atomic E-state index is 0.148. The summed E-state index contributed by atoms with van der Waals surface area (Å²) in [4.78, 5) is 24.1. The first-order valence-corrected chi connectivity index (χ1v) is 7.70. The topological polar surface area (TPSA) is 81.9 Å². The number of esters is 1. The van der Waals surface area contributed by atoms with Crippen molar-refractivity contribution in [1.29, 1.82) is 0 Å². The summed E-state index contributed by atoms with van der Waals surface area (Å²) in [7, 11) is 3.03. The molecule has 132 valence electrons. The Morgan fingerprint density at radius 2 is 1.96 bits per heavy atom. The SMILES string of the molecule is COC(=O)c1cc([N+](=O)[O-])ccc1N(C)CCOc1ccccc1C. The highest BCUT2D eigenvalue weighted by atomic mass is 16.6. The number of methoxy groups -OCH3 is 1. The zero-order valence-corrected chi connectivity index (χ0v) is 14.4. The number of benzene rings is 2. The first-order valence-electron chi connectivity index (χ1n) is 7.70. The Kier molecular flexibility index (Phi) is 5.94. The van der Waals surface area contributed by atoms with Gasteiger partial charge in [0.15, 0.2) is 0 Å². The maximum absolute atomic E-state index is 12.0. The maximum atomic E-state index is 12.0. The van der Waals surface area contributed by atoms with E-state index in [-0.39, 0.29) is 11.3 Å². The molecule has 0 atom stereocenters. The number of rotatable bonds is 7. The normalized spacial score (nSPS) is 10.2. The zero-order valence-electron chi connectivity index (χ0n) is 14.4. The Morgan fingerprint density at radius 3 is 2.60 bits per heavy atom. The number of nitro groups is 1. The highest BCUT2D eigenvalue weighted by molar-refractivity contribution is 5.96. The summed E-state index contributed by atoms with van der Waals surface area (Å²) in [6.07, 6.45) is 0. The van der Waals surface area contributed by atoms with Gasteiger partial charge in [-0.15, -0.1) is 0 Å². The van der Waals surface area contributed by atoms with Gasteiger partial charge in [0, 0.05) is 19.2 Å². The number of hydrogen-bond donors (Lipinski definition) is 0. The van der Waals surface area contributed by atoms with Crippen LogP contribution in [0.25, 0.3) is 0 Å². The summed E-state index contributed by atoms with van der Waals surface area (Å²) in [5, 5.41) is 10.9. The minimum Gasteiger partial charge on any atom is -0.491 e. The molecule has 0 spiro atoms. The number of aryl methyl sites for hydroxylation is 1. The van der Waals surface area contributed by atoms with Gasteiger partial charge in [0.1, 0.15) is 12.4 Å². The number of anilines is 1. The summed E-state index contributed by atoms with van der Waals surface area (Å²) in [5.74, 6) is 0.179. The van der Waals surface area contributed by atoms with Gasteiger partial charge in [0.2, 0.25) is 0 Å². The van der Waals surface area contributed by atoms with Crippen molar-refractivity contribution in [3.63, 3.8) is 0 Å². The lowest BCUT2D eigenvalue weighted by molar-refractivity contribution is -0.384. The molecular weight excluding hydrogens is 324 g/mol. The average Bonchev–Trinajstić information content (AvgIpc) is 2.61. The Bertz CT molecular complexity index is 776. The highest BCUT2D eigenvalue weighted by Crippen LogP contribution is 2.25. The fraction of sp³-hybridized carbons (Fsp3) is 0.278. The summed E-state index contributed by atoms with van der Waals surface area (Å²) in [6.45, 7) is 2.86. The van der Waals surface area contributed by atoms with Crippen LogP contribution in [-0.4, -0.2) is 38.2 Å². The van der Waals surface area contributed by atoms with Crippen molar-refractivity contribution in [2.75, 3.05) is 32.2 Å². The van der Waals surface area contributed by atoms with Gasteiger partial charge in [0.05, 0.1) is 29.8 Å². The van der Waals surface area contributed by atoms with E-state index >= 15 is 0 Å². The molecule has 0 bridgehead atoms. The van der Waals surface area contributed by atoms with Crippen molar-refractivity contribution in [1.82, 2.24) is 0 Å². The molecular formula is C18H20N2O5. The molecule has 0 amide bonds. The number of nitro benzene ring substituents is 1. The molecule has 7 heteroatoms. The number of hydrogen-bond acceptors (Lipinski definition) is 6. The Balaban J connectivity index is 2.12. The van der Waals surface area contributed by atoms with Crippen LogP contribution >= 0.6 is 0 Å². The van der Waals surface area contributed by atoms with Crippen molar-refractivity contribution < 1.29 is 19.2 Å². The lowest BCUT2D eigenvalue weighted by Crippen LogP contribution is -2.26. The van der Waals surface area contributed by atoms with Gasteiger partial charge in [-0.1, -0.05) is 18.2 Å². The molecule has 0 fully saturated rings. The summed E-state index contributed by atoms with van der Waals surface area (Å²) >= 11 is 0. The van der Waals surface area contributed by atoms with E-state index < -0.39 is 10.9 Å². The molecule has 0 unspecified atom stereocenters. The summed E-state index contributed by atoms with van der Waals surface area (Å²) < 4.78 is 10.5. The third kappa shape index (κ3) is 4.47. The summed E-state index contributed by atoms with van der Waals surface area (Å²) in [5.41, 5.74) is 1.57. The molecule has 0 radical (unpaired) electrons. The first-order chi connectivity index (χ1) is 11.9. The van der Waals surface area contributed by atoms with Crippen molar-refractivity contribution in [2.45, 2.75) is 6.92 Å². The molecule has 2 rings (SSSR count). The number of carbonyl (C=O) groups is 1. The van der Waals surface area contributed by atoms with Crippen molar-refractivity contribution in [3.05, 3.63) is 63.7 Å². The molecule has 0 aromatic heterocycles. The number of nitrogens with zero attached hydrogens (tertiary/aromatic N) is 2. The number of ether oxygens (including phenoxy) is 2. The van der Waals surface area contributed by atoms with Crippen molar-refractivity contribution in [3.8, 4) is 5.75 Å². The molecule has 25 heavy (non-hydrogen) atoms. The molecule has 0 heterocycles. The third-order valence-electron chi connectivity index (χ3n) is 3.79. The molecule has 2 aromatic carbocycles. The fourth-order valence-electron chi connectivity index (χ4n) is 2.38. The van der Waals surface area contributed by atoms with Crippen LogP contribution in [0.3, 0.4) is 0 Å². The Labute approximate surface area is 145 Å². The second kappa shape index (κ2) is 8.14. The van der Waals surface area contributed by atoms with E-state index in [1.165, 1.54) is 25.3 Å². The van der Waals surface area contributed by atoms with Crippen LogP contribution in [0.4, 0.5) is 11.4 Å². The van der Waals surface area contributed by atoms with E-state index in [0.717, 1.165) is 11.3 Å². The van der Waals surface area contributed by atoms with Crippen molar-refractivity contribution in [2.24, 2.45) is 0 Å². The van der Waals surface area contributed by atoms with Gasteiger partial charge >= 0.3 is 5.97 Å². The number of likely N-dealkylation sites (N-methyl/N-ethyl adjacent to an activating group) is 1. The maximum Gasteiger partial charge on any atom is 0.340 e. The van der Waals surface area contributed by atoms with Crippen LogP contribution in [0, 0.1) is 17.0 Å². The molecule has 7 nitrogen and oxygen atoms in total. The van der Waals surface area contributed by atoms with Crippen LogP contribution in [0.5, 0.6) is 5.75 Å². The van der Waals surface area contributed by atoms with Crippen LogP contribution in [0.15, 0.2) is 42.5 Å². The minimum atomic E-state index is -0.620. The van der Waals surface area contributed by atoms with Crippen LogP contribution in [0.2, 0.25) is 0 Å². The van der Waals surface area contributed by atoms with Gasteiger partial charge < -0.3 is 14.4 Å². The Morgan fingerprint density at radius 1 is 1.24 bits per heavy atom. The molecule has 0 saturated carbocycles. The van der Waals surface area contributed by atoms with Crippen LogP contribution < -0.4 is 9.64 Å². The lowest BCUT2D eigenvalue weighted by atomic mass is 10.1. The first kappa shape index (κ1) is 18.3. The lowest BCUT2D eigenvalue weighted by Gasteiger charge is -2.22. The molecule has 0 N–H and O–H groups in total. The van der Waals surface area contributed by atoms with Gasteiger partial charge in [-0.3, -0.25) is 10.1 Å². The summed E-state index contributed by atoms with van der Waals surface area (Å²) in [6, 6.07) is 11.8. The molecule has 0 aliphatic carbocycles. The van der Waals surface area contributed by atoms with Gasteiger partial charge in [-0.2, -0.15) is 0 Å². The quantitative estimate of drug-likeness (QED) is 0.436. The highest BCUT2D eigenvalue weighted by Gasteiger charge is 2.19. The van der Waals surface area contributed by atoms with Gasteiger partial charge in [0.25, 0.3) is 5.69 Å². The molecule has 0 aliphatic rings. The molecule has 2 aromatic rings. The smallest absolute Gasteiger partial charge is 0.340 e. The van der Waals surface area contributed by atoms with E-state index in [4.69, 9.17) is 9.47 Å². The van der Waals surface area contributed by atoms with E-state index in [9.17, 15) is 14.9 Å². The standard InChI is InChI=1S/C18H20N2O5/c1-13-6-4-5-7-17(13)25-11-10-19(2)16-9-8-14(20(22)23)12-15(16)18(21)24-3/h4-9,12H,10-11H2,1-3H3. The molecule has 0 saturated heterocycles. The Hall–Kier alpha value is -3.09. The van der Waals surface area contributed by atoms with E-state index in [1.807, 2.05) is 31.2 Å². The second-order valence-corrected chi connectivity index (χ2v) is 5.49. The van der Waals surface area contributed by atoms with E-state index in [1.54, 1.807) is 11.9 Å². The predicted molar refractivity (Wildman–Crippen MR) is 94.4 cm³/mol. The van der Waals surface area contributed by atoms with Gasteiger partial charge in [-0.05, 0) is 24.6 Å².